The summed E-state index contributed by atoms with van der Waals surface area (Å²) in [5, 5.41) is 5.28. The minimum absolute atomic E-state index is 0.249. The molecule has 0 unspecified atom stereocenters. The lowest BCUT2D eigenvalue weighted by molar-refractivity contribution is 0.0999. The van der Waals surface area contributed by atoms with Crippen LogP contribution < -0.4 is 15.4 Å². The van der Waals surface area contributed by atoms with E-state index in [2.05, 4.69) is 10.6 Å². The van der Waals surface area contributed by atoms with Gasteiger partial charge in [-0.1, -0.05) is 18.2 Å². The Morgan fingerprint density at radius 1 is 1.43 bits per heavy atom. The van der Waals surface area contributed by atoms with Gasteiger partial charge < -0.3 is 20.1 Å². The average Bonchev–Trinajstić information content (AvgIpc) is 2.94. The van der Waals surface area contributed by atoms with Crippen LogP contribution in [0.1, 0.15) is 11.7 Å². The van der Waals surface area contributed by atoms with Crippen LogP contribution in [-0.4, -0.2) is 50.8 Å². The molecule has 0 spiro atoms. The van der Waals surface area contributed by atoms with Crippen LogP contribution in [0.15, 0.2) is 24.3 Å². The molecule has 2 rings (SSSR count). The van der Waals surface area contributed by atoms with Crippen molar-refractivity contribution in [1.29, 1.82) is 0 Å². The summed E-state index contributed by atoms with van der Waals surface area (Å²) in [5.74, 6) is 0.692. The number of benzene rings is 1. The van der Waals surface area contributed by atoms with Gasteiger partial charge in [-0.05, 0) is 6.07 Å². The van der Waals surface area contributed by atoms with Gasteiger partial charge in [-0.25, -0.2) is 14.5 Å². The summed E-state index contributed by atoms with van der Waals surface area (Å²) in [6.45, 7) is 1.10. The van der Waals surface area contributed by atoms with Crippen molar-refractivity contribution in [1.82, 2.24) is 15.5 Å². The van der Waals surface area contributed by atoms with E-state index in [9.17, 15) is 9.59 Å². The Kier molecular flexibility index (Phi) is 4.99. The van der Waals surface area contributed by atoms with E-state index in [-0.39, 0.29) is 18.7 Å². The topological polar surface area (TPSA) is 79.9 Å². The number of rotatable bonds is 5. The number of nitrogens with zero attached hydrogens (tertiary/aromatic N) is 1. The summed E-state index contributed by atoms with van der Waals surface area (Å²) in [7, 11) is 3.14. The maximum Gasteiger partial charge on any atom is 0.325 e. The number of ether oxygens (including phenoxy) is 2. The van der Waals surface area contributed by atoms with Crippen LogP contribution in [-0.2, 0) is 4.74 Å². The first-order valence-electron chi connectivity index (χ1n) is 6.66. The van der Waals surface area contributed by atoms with Crippen molar-refractivity contribution in [3.63, 3.8) is 0 Å². The average molecular weight is 293 g/mol. The molecule has 0 saturated carbocycles. The summed E-state index contributed by atoms with van der Waals surface area (Å²) in [5.41, 5.74) is 0.841. The Morgan fingerprint density at radius 2 is 2.19 bits per heavy atom. The summed E-state index contributed by atoms with van der Waals surface area (Å²) in [6, 6.07) is 6.64. The number of methoxy groups -OCH3 is 2. The van der Waals surface area contributed by atoms with Crippen LogP contribution in [0.4, 0.5) is 9.59 Å². The quantitative estimate of drug-likeness (QED) is 0.852. The molecule has 1 aromatic carbocycles. The summed E-state index contributed by atoms with van der Waals surface area (Å²) >= 11 is 0. The zero-order valence-electron chi connectivity index (χ0n) is 12.1. The first-order chi connectivity index (χ1) is 10.2. The molecule has 1 aliphatic heterocycles. The second-order valence-corrected chi connectivity index (χ2v) is 4.54. The van der Waals surface area contributed by atoms with Gasteiger partial charge >= 0.3 is 12.1 Å². The van der Waals surface area contributed by atoms with Crippen LogP contribution in [0.3, 0.4) is 0 Å². The molecule has 7 nitrogen and oxygen atoms in total. The third kappa shape index (κ3) is 3.43. The molecule has 0 bridgehead atoms. The molecule has 114 valence electrons. The van der Waals surface area contributed by atoms with Crippen LogP contribution in [0.2, 0.25) is 0 Å². The highest BCUT2D eigenvalue weighted by Crippen LogP contribution is 2.26. The molecule has 1 saturated heterocycles. The highest BCUT2D eigenvalue weighted by Gasteiger charge is 2.26. The highest BCUT2D eigenvalue weighted by molar-refractivity contribution is 5.94. The highest BCUT2D eigenvalue weighted by atomic mass is 16.5. The van der Waals surface area contributed by atoms with Gasteiger partial charge in [0, 0.05) is 32.3 Å². The number of nitrogens with one attached hydrogen (secondary N) is 2. The van der Waals surface area contributed by atoms with Crippen molar-refractivity contribution < 1.29 is 19.1 Å². The lowest BCUT2D eigenvalue weighted by Gasteiger charge is -2.20. The lowest BCUT2D eigenvalue weighted by atomic mass is 10.1. The fourth-order valence-electron chi connectivity index (χ4n) is 2.19. The van der Waals surface area contributed by atoms with Crippen molar-refractivity contribution >= 4 is 12.1 Å². The van der Waals surface area contributed by atoms with Gasteiger partial charge in [-0.2, -0.15) is 0 Å². The third-order valence-corrected chi connectivity index (χ3v) is 3.31. The second-order valence-electron chi connectivity index (χ2n) is 4.54. The molecule has 1 fully saturated rings. The van der Waals surface area contributed by atoms with E-state index in [4.69, 9.17) is 9.47 Å². The normalized spacial score (nSPS) is 15.5. The van der Waals surface area contributed by atoms with Crippen LogP contribution in [0.5, 0.6) is 5.75 Å². The van der Waals surface area contributed by atoms with Gasteiger partial charge in [0.15, 0.2) is 0 Å². The number of urea groups is 2. The van der Waals surface area contributed by atoms with Crippen LogP contribution >= 0.6 is 0 Å². The minimum atomic E-state index is -0.429. The third-order valence-electron chi connectivity index (χ3n) is 3.31. The zero-order valence-corrected chi connectivity index (χ0v) is 12.1. The van der Waals surface area contributed by atoms with Crippen molar-refractivity contribution in [2.24, 2.45) is 0 Å². The molecule has 1 aromatic rings. The molecule has 1 heterocycles. The molecule has 1 atom stereocenters. The van der Waals surface area contributed by atoms with Gasteiger partial charge in [-0.3, -0.25) is 0 Å². The lowest BCUT2D eigenvalue weighted by Crippen LogP contribution is -2.43. The fraction of sp³-hybridized carbons (Fsp3) is 0.429. The van der Waals surface area contributed by atoms with Crippen molar-refractivity contribution in [3.05, 3.63) is 29.8 Å². The molecule has 0 aliphatic carbocycles. The maximum absolute atomic E-state index is 11.9. The number of para-hydroxylation sites is 1. The molecule has 21 heavy (non-hydrogen) atoms. The van der Waals surface area contributed by atoms with E-state index in [0.717, 1.165) is 10.5 Å². The van der Waals surface area contributed by atoms with Gasteiger partial charge in [0.2, 0.25) is 0 Å². The molecule has 2 N–H and O–H groups in total. The fourth-order valence-corrected chi connectivity index (χ4v) is 2.19. The Labute approximate surface area is 123 Å². The van der Waals surface area contributed by atoms with E-state index < -0.39 is 6.03 Å². The van der Waals surface area contributed by atoms with Gasteiger partial charge in [0.1, 0.15) is 11.9 Å². The second kappa shape index (κ2) is 6.94. The SMILES string of the molecule is COc1ccccc1[C@H](CNC(=O)N1CCNC1=O)OC. The Hall–Kier alpha value is -2.28. The molecule has 7 heteroatoms. The Balaban J connectivity index is 1.99. The maximum atomic E-state index is 11.9. The first-order valence-corrected chi connectivity index (χ1v) is 6.66. The minimum Gasteiger partial charge on any atom is -0.496 e. The predicted molar refractivity (Wildman–Crippen MR) is 76.2 cm³/mol. The summed E-state index contributed by atoms with van der Waals surface area (Å²) < 4.78 is 10.7. The number of carbonyl (C=O) groups excluding carboxylic acids is 2. The van der Waals surface area contributed by atoms with E-state index in [1.165, 1.54) is 0 Å². The molecule has 4 amide bonds. The molecule has 0 radical (unpaired) electrons. The van der Waals surface area contributed by atoms with E-state index >= 15 is 0 Å². The first kappa shape index (κ1) is 15.1. The monoisotopic (exact) mass is 293 g/mol. The number of imide groups is 1. The predicted octanol–water partition coefficient (Wildman–Crippen LogP) is 1.12. The number of hydrogen-bond donors (Lipinski definition) is 2. The number of hydrogen-bond acceptors (Lipinski definition) is 4. The summed E-state index contributed by atoms with van der Waals surface area (Å²) in [4.78, 5) is 24.5. The van der Waals surface area contributed by atoms with Gasteiger partial charge in [0.05, 0.1) is 7.11 Å². The van der Waals surface area contributed by atoms with Gasteiger partial charge in [0.25, 0.3) is 0 Å². The molecular formula is C14H19N3O4. The summed E-state index contributed by atoms with van der Waals surface area (Å²) in [6.07, 6.45) is -0.351. The smallest absolute Gasteiger partial charge is 0.325 e. The molecular weight excluding hydrogens is 274 g/mol. The molecule has 1 aliphatic rings. The van der Waals surface area contributed by atoms with Crippen molar-refractivity contribution in [2.75, 3.05) is 33.9 Å². The van der Waals surface area contributed by atoms with Crippen LogP contribution in [0.25, 0.3) is 0 Å². The van der Waals surface area contributed by atoms with Crippen LogP contribution in [0, 0.1) is 0 Å². The van der Waals surface area contributed by atoms with Crippen molar-refractivity contribution in [3.8, 4) is 5.75 Å². The standard InChI is InChI=1S/C14H19N3O4/c1-20-11-6-4-3-5-10(11)12(21-2)9-16-14(19)17-8-7-15-13(17)18/h3-6,12H,7-9H2,1-2H3,(H,15,18)(H,16,19)/t12-/m0/s1. The number of carbonyl (C=O) groups is 2. The van der Waals surface area contributed by atoms with E-state index in [1.54, 1.807) is 14.2 Å². The Morgan fingerprint density at radius 3 is 2.81 bits per heavy atom. The van der Waals surface area contributed by atoms with Crippen molar-refractivity contribution in [2.45, 2.75) is 6.10 Å². The Bertz CT molecular complexity index is 521. The zero-order chi connectivity index (χ0) is 15.2. The van der Waals surface area contributed by atoms with E-state index in [1.807, 2.05) is 24.3 Å². The molecule has 0 aromatic heterocycles. The number of amides is 4. The van der Waals surface area contributed by atoms with E-state index in [0.29, 0.717) is 18.8 Å². The largest absolute Gasteiger partial charge is 0.496 e. The van der Waals surface area contributed by atoms with Gasteiger partial charge in [-0.15, -0.1) is 0 Å².